The molecule has 0 atom stereocenters. The van der Waals surface area contributed by atoms with Crippen molar-refractivity contribution in [3.05, 3.63) is 58.7 Å². The summed E-state index contributed by atoms with van der Waals surface area (Å²) in [5, 5.41) is 0. The van der Waals surface area contributed by atoms with Gasteiger partial charge in [-0.1, -0.05) is 38.8 Å². The van der Waals surface area contributed by atoms with Crippen LogP contribution in [0.3, 0.4) is 0 Å². The Morgan fingerprint density at radius 1 is 0.742 bits per heavy atom. The molecule has 11 heteroatoms. The van der Waals surface area contributed by atoms with E-state index in [0.717, 1.165) is 12.1 Å². The van der Waals surface area contributed by atoms with Crippen molar-refractivity contribution in [3.63, 3.8) is 0 Å². The topological polar surface area (TPSA) is 152 Å². The first-order chi connectivity index (χ1) is 14.4. The highest BCUT2D eigenvalue weighted by Crippen LogP contribution is 2.25. The fourth-order valence-electron chi connectivity index (χ4n) is 3.21. The molecule has 2 rings (SSSR count). The Hall–Kier alpha value is -2.60. The molecule has 168 valence electrons. The minimum atomic E-state index is -4.62. The zero-order valence-electron chi connectivity index (χ0n) is 16.9. The highest BCUT2D eigenvalue weighted by atomic mass is 32.2. The second-order valence-electron chi connectivity index (χ2n) is 6.69. The molecule has 0 spiro atoms. The number of carbonyl (C=O) groups is 2. The van der Waals surface area contributed by atoms with Crippen molar-refractivity contribution in [1.29, 1.82) is 0 Å². The quantitative estimate of drug-likeness (QED) is 0.337. The summed E-state index contributed by atoms with van der Waals surface area (Å²) < 4.78 is 70.4. The van der Waals surface area contributed by atoms with E-state index in [1.807, 2.05) is 0 Å². The maximum atomic E-state index is 12.7. The van der Waals surface area contributed by atoms with Crippen LogP contribution >= 0.6 is 0 Å². The molecule has 0 bridgehead atoms. The van der Waals surface area contributed by atoms with Crippen molar-refractivity contribution in [1.82, 2.24) is 0 Å². The molecule has 0 radical (unpaired) electrons. The first kappa shape index (κ1) is 24.7. The van der Waals surface area contributed by atoms with Crippen molar-refractivity contribution in [2.24, 2.45) is 0 Å². The van der Waals surface area contributed by atoms with E-state index in [-0.39, 0.29) is 35.1 Å². The van der Waals surface area contributed by atoms with Crippen molar-refractivity contribution in [3.8, 4) is 0 Å². The molecule has 2 N–H and O–H groups in total. The van der Waals surface area contributed by atoms with Gasteiger partial charge in [0.15, 0.2) is 0 Å². The van der Waals surface area contributed by atoms with Crippen LogP contribution in [0.15, 0.2) is 46.2 Å². The van der Waals surface area contributed by atoms with Crippen LogP contribution in [0, 0.1) is 0 Å². The number of esters is 2. The van der Waals surface area contributed by atoms with E-state index >= 15 is 0 Å². The van der Waals surface area contributed by atoms with Gasteiger partial charge in [-0.3, -0.25) is 9.11 Å². The van der Waals surface area contributed by atoms with Gasteiger partial charge in [0.1, 0.15) is 0 Å². The molecule has 0 aliphatic carbocycles. The Balaban J connectivity index is 2.50. The van der Waals surface area contributed by atoms with Crippen molar-refractivity contribution >= 4 is 32.2 Å². The fraction of sp³-hybridized carbons (Fsp3) is 0.300. The Bertz CT molecular complexity index is 1120. The van der Waals surface area contributed by atoms with E-state index in [9.17, 15) is 35.5 Å². The van der Waals surface area contributed by atoms with E-state index in [1.165, 1.54) is 24.3 Å². The summed E-state index contributed by atoms with van der Waals surface area (Å²) >= 11 is 0. The Kier molecular flexibility index (Phi) is 7.71. The summed E-state index contributed by atoms with van der Waals surface area (Å²) in [5.41, 5.74) is -0.418. The number of benzene rings is 2. The lowest BCUT2D eigenvalue weighted by Gasteiger charge is -2.14. The first-order valence-electron chi connectivity index (χ1n) is 9.37. The summed E-state index contributed by atoms with van der Waals surface area (Å²) in [5.74, 6) is -2.31. The van der Waals surface area contributed by atoms with E-state index in [2.05, 4.69) is 0 Å². The van der Waals surface area contributed by atoms with Crippen molar-refractivity contribution < 1.29 is 40.3 Å². The van der Waals surface area contributed by atoms with E-state index in [1.54, 1.807) is 13.8 Å². The Labute approximate surface area is 180 Å². The monoisotopic (exact) mass is 470 g/mol. The smallest absolute Gasteiger partial charge is 0.346 e. The van der Waals surface area contributed by atoms with Gasteiger partial charge in [-0.25, -0.2) is 9.59 Å². The van der Waals surface area contributed by atoms with Gasteiger partial charge in [0, 0.05) is 0 Å². The van der Waals surface area contributed by atoms with E-state index in [0.29, 0.717) is 12.8 Å². The number of hydrogen-bond acceptors (Lipinski definition) is 7. The largest absolute Gasteiger partial charge is 0.386 e. The highest BCUT2D eigenvalue weighted by Gasteiger charge is 2.26. The van der Waals surface area contributed by atoms with Gasteiger partial charge in [-0.15, -0.1) is 0 Å². The maximum absolute atomic E-state index is 12.7. The number of carbonyl (C=O) groups excluding carboxylic acids is 2. The molecule has 2 aromatic rings. The predicted molar refractivity (Wildman–Crippen MR) is 110 cm³/mol. The zero-order valence-corrected chi connectivity index (χ0v) is 18.5. The highest BCUT2D eigenvalue weighted by molar-refractivity contribution is 7.86. The van der Waals surface area contributed by atoms with Gasteiger partial charge in [0.25, 0.3) is 20.2 Å². The molecule has 0 aliphatic rings. The van der Waals surface area contributed by atoms with Crippen LogP contribution in [0.4, 0.5) is 0 Å². The van der Waals surface area contributed by atoms with Crippen molar-refractivity contribution in [2.75, 3.05) is 0 Å². The molecular formula is C20H22O9S2. The lowest BCUT2D eigenvalue weighted by Crippen LogP contribution is -2.18. The Morgan fingerprint density at radius 3 is 1.39 bits per heavy atom. The number of ether oxygens (including phenoxy) is 1. The van der Waals surface area contributed by atoms with Crippen LogP contribution in [0.1, 0.15) is 58.5 Å². The van der Waals surface area contributed by atoms with E-state index in [4.69, 9.17) is 4.74 Å². The average Bonchev–Trinajstić information content (AvgIpc) is 2.67. The molecule has 2 aromatic carbocycles. The summed E-state index contributed by atoms with van der Waals surface area (Å²) in [4.78, 5) is 24.4. The van der Waals surface area contributed by atoms with Gasteiger partial charge >= 0.3 is 11.9 Å². The summed E-state index contributed by atoms with van der Waals surface area (Å²) in [7, 11) is -9.23. The van der Waals surface area contributed by atoms with Crippen LogP contribution in [-0.2, 0) is 37.8 Å². The molecule has 31 heavy (non-hydrogen) atoms. The zero-order chi connectivity index (χ0) is 23.4. The van der Waals surface area contributed by atoms with Crippen LogP contribution < -0.4 is 0 Å². The lowest BCUT2D eigenvalue weighted by molar-refractivity contribution is 0.0396. The van der Waals surface area contributed by atoms with Gasteiger partial charge in [-0.2, -0.15) is 16.8 Å². The molecule has 0 amide bonds. The SMILES string of the molecule is CCCc1c(C(=O)OC(=O)c2cccc(S(=O)(=O)O)c2CCC)cccc1S(=O)(=O)O. The van der Waals surface area contributed by atoms with E-state index < -0.39 is 42.0 Å². The minimum absolute atomic E-state index is 0.00534. The standard InChI is InChI=1S/C20H22O9S2/c1-3-7-13-15(9-5-11-17(13)30(23,24)25)19(21)29-20(22)16-10-6-12-18(31(26,27)28)14(16)8-4-2/h5-6,9-12H,3-4,7-8H2,1-2H3,(H,23,24,25)(H,26,27,28). The number of rotatable bonds is 8. The van der Waals surface area contributed by atoms with Crippen LogP contribution in [0.25, 0.3) is 0 Å². The van der Waals surface area contributed by atoms with Gasteiger partial charge in [-0.05, 0) is 48.2 Å². The third-order valence-corrected chi connectivity index (χ3v) is 6.32. The Morgan fingerprint density at radius 2 is 1.10 bits per heavy atom. The van der Waals surface area contributed by atoms with Crippen LogP contribution in [0.5, 0.6) is 0 Å². The van der Waals surface area contributed by atoms with Crippen LogP contribution in [0.2, 0.25) is 0 Å². The molecule has 0 saturated heterocycles. The third kappa shape index (κ3) is 5.76. The van der Waals surface area contributed by atoms with Crippen molar-refractivity contribution in [2.45, 2.75) is 49.3 Å². The molecular weight excluding hydrogens is 448 g/mol. The summed E-state index contributed by atoms with van der Waals surface area (Å²) in [6.07, 6.45) is 1.12. The second kappa shape index (κ2) is 9.69. The van der Waals surface area contributed by atoms with Gasteiger partial charge in [0.2, 0.25) is 0 Å². The minimum Gasteiger partial charge on any atom is -0.386 e. The molecule has 0 fully saturated rings. The molecule has 0 unspecified atom stereocenters. The molecule has 0 aliphatic heterocycles. The molecule has 0 aromatic heterocycles. The predicted octanol–water partition coefficient (Wildman–Crippen LogP) is 3.08. The second-order valence-corrected chi connectivity index (χ2v) is 9.47. The first-order valence-corrected chi connectivity index (χ1v) is 12.2. The third-order valence-electron chi connectivity index (χ3n) is 4.45. The van der Waals surface area contributed by atoms with Gasteiger partial charge in [0.05, 0.1) is 20.9 Å². The summed E-state index contributed by atoms with van der Waals surface area (Å²) in [6.45, 7) is 3.47. The molecule has 9 nitrogen and oxygen atoms in total. The number of hydrogen-bond donors (Lipinski definition) is 2. The maximum Gasteiger partial charge on any atom is 0.346 e. The van der Waals surface area contributed by atoms with Crippen LogP contribution in [-0.4, -0.2) is 37.9 Å². The normalized spacial score (nSPS) is 11.9. The van der Waals surface area contributed by atoms with Gasteiger partial charge < -0.3 is 4.74 Å². The molecule has 0 heterocycles. The average molecular weight is 471 g/mol. The fourth-order valence-corrected chi connectivity index (χ4v) is 4.75. The lowest BCUT2D eigenvalue weighted by atomic mass is 10.0. The molecule has 0 saturated carbocycles. The summed E-state index contributed by atoms with van der Waals surface area (Å²) in [6, 6.07) is 7.24.